The molecule has 2 aliphatic rings. The zero-order valence-corrected chi connectivity index (χ0v) is 15.1. The van der Waals surface area contributed by atoms with Crippen molar-refractivity contribution in [2.24, 2.45) is 5.92 Å². The molecule has 2 aromatic rings. The molecule has 126 valence electrons. The Morgan fingerprint density at radius 3 is 2.50 bits per heavy atom. The molecule has 0 saturated carbocycles. The summed E-state index contributed by atoms with van der Waals surface area (Å²) in [6, 6.07) is 17.2. The molecule has 0 aromatic heterocycles. The van der Waals surface area contributed by atoms with Crippen LogP contribution in [0.1, 0.15) is 23.6 Å². The van der Waals surface area contributed by atoms with Crippen molar-refractivity contribution < 1.29 is 8.42 Å². The fourth-order valence-corrected chi connectivity index (χ4v) is 6.84. The number of nitrogens with zero attached hydrogens (tertiary/aromatic N) is 1. The maximum absolute atomic E-state index is 13.3. The van der Waals surface area contributed by atoms with E-state index in [1.807, 2.05) is 23.9 Å². The van der Waals surface area contributed by atoms with Crippen molar-refractivity contribution in [2.75, 3.05) is 18.1 Å². The van der Waals surface area contributed by atoms with Crippen LogP contribution < -0.4 is 0 Å². The molecule has 0 spiro atoms. The van der Waals surface area contributed by atoms with Crippen LogP contribution in [0.4, 0.5) is 0 Å². The summed E-state index contributed by atoms with van der Waals surface area (Å²) in [5.74, 6) is 2.57. The largest absolute Gasteiger partial charge is 0.243 e. The standard InChI is InChI=1S/C19H21NO2S2/c21-24(22,17-7-2-1-3-8-17)20-12-10-15-6-4-5-9-18(15)19(20)16-11-13-23-14-16/h1-9,16,19H,10-14H2. The molecule has 0 amide bonds. The number of rotatable bonds is 3. The van der Waals surface area contributed by atoms with Crippen LogP contribution >= 0.6 is 11.8 Å². The molecule has 0 N–H and O–H groups in total. The Bertz CT molecular complexity index is 814. The number of hydrogen-bond acceptors (Lipinski definition) is 3. The lowest BCUT2D eigenvalue weighted by atomic mass is 9.86. The molecule has 0 aliphatic carbocycles. The Hall–Kier alpha value is -1.30. The van der Waals surface area contributed by atoms with Gasteiger partial charge in [0, 0.05) is 6.54 Å². The first-order valence-corrected chi connectivity index (χ1v) is 11.0. The van der Waals surface area contributed by atoms with E-state index in [2.05, 4.69) is 18.2 Å². The Kier molecular flexibility index (Phi) is 4.41. The van der Waals surface area contributed by atoms with Crippen molar-refractivity contribution in [3.8, 4) is 0 Å². The van der Waals surface area contributed by atoms with E-state index >= 15 is 0 Å². The van der Waals surface area contributed by atoms with E-state index < -0.39 is 10.0 Å². The molecule has 1 fully saturated rings. The van der Waals surface area contributed by atoms with E-state index in [9.17, 15) is 8.42 Å². The van der Waals surface area contributed by atoms with Gasteiger partial charge in [0.1, 0.15) is 0 Å². The SMILES string of the molecule is O=S(=O)(c1ccccc1)N1CCc2ccccc2C1C1CCSC1. The van der Waals surface area contributed by atoms with E-state index in [1.165, 1.54) is 11.1 Å². The Morgan fingerprint density at radius 1 is 1.00 bits per heavy atom. The Balaban J connectivity index is 1.79. The second-order valence-corrected chi connectivity index (χ2v) is 9.49. The van der Waals surface area contributed by atoms with Crippen LogP contribution in [0.3, 0.4) is 0 Å². The summed E-state index contributed by atoms with van der Waals surface area (Å²) < 4.78 is 28.3. The average Bonchev–Trinajstić information content (AvgIpc) is 3.15. The third-order valence-corrected chi connectivity index (χ3v) is 8.13. The van der Waals surface area contributed by atoms with Gasteiger partial charge in [0.15, 0.2) is 0 Å². The number of hydrogen-bond donors (Lipinski definition) is 0. The number of sulfonamides is 1. The summed E-state index contributed by atoms with van der Waals surface area (Å²) in [5.41, 5.74) is 2.51. The third kappa shape index (κ3) is 2.79. The normalized spacial score (nSPS) is 24.7. The highest BCUT2D eigenvalue weighted by Gasteiger charge is 2.41. The summed E-state index contributed by atoms with van der Waals surface area (Å²) in [7, 11) is -3.47. The van der Waals surface area contributed by atoms with E-state index in [-0.39, 0.29) is 6.04 Å². The molecule has 5 heteroatoms. The first-order chi connectivity index (χ1) is 11.7. The first kappa shape index (κ1) is 16.2. The molecular weight excluding hydrogens is 338 g/mol. The lowest BCUT2D eigenvalue weighted by Gasteiger charge is -2.39. The average molecular weight is 360 g/mol. The molecule has 2 aliphatic heterocycles. The molecule has 24 heavy (non-hydrogen) atoms. The van der Waals surface area contributed by atoms with Crippen LogP contribution in [0.5, 0.6) is 0 Å². The number of benzene rings is 2. The van der Waals surface area contributed by atoms with Gasteiger partial charge in [-0.1, -0.05) is 42.5 Å². The van der Waals surface area contributed by atoms with Gasteiger partial charge in [-0.15, -0.1) is 0 Å². The predicted molar refractivity (Wildman–Crippen MR) is 98.7 cm³/mol. The third-order valence-electron chi connectivity index (χ3n) is 5.05. The summed E-state index contributed by atoms with van der Waals surface area (Å²) in [6.45, 7) is 0.570. The molecule has 2 heterocycles. The molecule has 0 radical (unpaired) electrons. The summed E-state index contributed by atoms with van der Waals surface area (Å²) in [4.78, 5) is 0.403. The Morgan fingerprint density at radius 2 is 1.75 bits per heavy atom. The topological polar surface area (TPSA) is 37.4 Å². The first-order valence-electron chi connectivity index (χ1n) is 8.40. The highest BCUT2D eigenvalue weighted by atomic mass is 32.2. The van der Waals surface area contributed by atoms with E-state index in [0.717, 1.165) is 24.3 Å². The summed E-state index contributed by atoms with van der Waals surface area (Å²) in [5, 5.41) is 0. The van der Waals surface area contributed by atoms with Gasteiger partial charge in [-0.2, -0.15) is 16.1 Å². The van der Waals surface area contributed by atoms with Gasteiger partial charge < -0.3 is 0 Å². The second kappa shape index (κ2) is 6.54. The molecule has 1 saturated heterocycles. The van der Waals surface area contributed by atoms with Gasteiger partial charge in [-0.3, -0.25) is 0 Å². The monoisotopic (exact) mass is 359 g/mol. The van der Waals surface area contributed by atoms with Crippen LogP contribution in [-0.2, 0) is 16.4 Å². The van der Waals surface area contributed by atoms with Gasteiger partial charge >= 0.3 is 0 Å². The van der Waals surface area contributed by atoms with Gasteiger partial charge in [-0.05, 0) is 53.5 Å². The van der Waals surface area contributed by atoms with Gasteiger partial charge in [0.05, 0.1) is 10.9 Å². The zero-order chi connectivity index (χ0) is 16.6. The van der Waals surface area contributed by atoms with Crippen molar-refractivity contribution in [3.63, 3.8) is 0 Å². The maximum atomic E-state index is 13.3. The van der Waals surface area contributed by atoms with Crippen molar-refractivity contribution in [1.82, 2.24) is 4.31 Å². The minimum Gasteiger partial charge on any atom is -0.207 e. The van der Waals surface area contributed by atoms with Crippen molar-refractivity contribution in [1.29, 1.82) is 0 Å². The molecule has 4 rings (SSSR count). The fourth-order valence-electron chi connectivity index (χ4n) is 3.86. The van der Waals surface area contributed by atoms with Crippen LogP contribution in [-0.4, -0.2) is 30.8 Å². The Labute approximate surface area is 148 Å². The summed E-state index contributed by atoms with van der Waals surface area (Å²) in [6.07, 6.45) is 1.88. The zero-order valence-electron chi connectivity index (χ0n) is 13.5. The van der Waals surface area contributed by atoms with Gasteiger partial charge in [0.25, 0.3) is 0 Å². The lowest BCUT2D eigenvalue weighted by Crippen LogP contribution is -2.43. The minimum atomic E-state index is -3.47. The highest BCUT2D eigenvalue weighted by molar-refractivity contribution is 7.99. The fraction of sp³-hybridized carbons (Fsp3) is 0.368. The molecule has 2 atom stereocenters. The molecule has 0 bridgehead atoms. The minimum absolute atomic E-state index is 0.0323. The molecule has 3 nitrogen and oxygen atoms in total. The van der Waals surface area contributed by atoms with Crippen LogP contribution in [0.2, 0.25) is 0 Å². The van der Waals surface area contributed by atoms with Gasteiger partial charge in [0.2, 0.25) is 10.0 Å². The van der Waals surface area contributed by atoms with Crippen molar-refractivity contribution in [2.45, 2.75) is 23.8 Å². The quantitative estimate of drug-likeness (QED) is 0.838. The highest BCUT2D eigenvalue weighted by Crippen LogP contribution is 2.43. The van der Waals surface area contributed by atoms with Crippen LogP contribution in [0.15, 0.2) is 59.5 Å². The van der Waals surface area contributed by atoms with Crippen molar-refractivity contribution >= 4 is 21.8 Å². The van der Waals surface area contributed by atoms with E-state index in [0.29, 0.717) is 17.4 Å². The second-order valence-electron chi connectivity index (χ2n) is 6.45. The van der Waals surface area contributed by atoms with E-state index in [1.54, 1.807) is 28.6 Å². The number of thioether (sulfide) groups is 1. The smallest absolute Gasteiger partial charge is 0.207 e. The predicted octanol–water partition coefficient (Wildman–Crippen LogP) is 3.73. The number of fused-ring (bicyclic) bond motifs is 1. The van der Waals surface area contributed by atoms with E-state index in [4.69, 9.17) is 0 Å². The molecule has 2 aromatic carbocycles. The molecule has 2 unspecified atom stereocenters. The maximum Gasteiger partial charge on any atom is 0.243 e. The lowest BCUT2D eigenvalue weighted by molar-refractivity contribution is 0.240. The van der Waals surface area contributed by atoms with Crippen molar-refractivity contribution in [3.05, 3.63) is 65.7 Å². The summed E-state index contributed by atoms with van der Waals surface area (Å²) >= 11 is 1.94. The molecular formula is C19H21NO2S2. The van der Waals surface area contributed by atoms with Crippen LogP contribution in [0, 0.1) is 5.92 Å². The van der Waals surface area contributed by atoms with Gasteiger partial charge in [-0.25, -0.2) is 8.42 Å². The van der Waals surface area contributed by atoms with Crippen LogP contribution in [0.25, 0.3) is 0 Å².